The maximum atomic E-state index is 3.24. The summed E-state index contributed by atoms with van der Waals surface area (Å²) in [7, 11) is 0. The molecule has 1 heterocycles. The van der Waals surface area contributed by atoms with Crippen LogP contribution in [0.15, 0.2) is 11.6 Å². The quantitative estimate of drug-likeness (QED) is 0.546. The number of hydrogen-bond donors (Lipinski definition) is 1. The second kappa shape index (κ2) is 2.14. The SMILES string of the molecule is C(CC1CC1)=C1CNC1. The lowest BCUT2D eigenvalue weighted by Gasteiger charge is -2.18. The summed E-state index contributed by atoms with van der Waals surface area (Å²) in [6.45, 7) is 2.32. The Balaban J connectivity index is 1.73. The van der Waals surface area contributed by atoms with Gasteiger partial charge >= 0.3 is 0 Å². The molecule has 9 heavy (non-hydrogen) atoms. The third-order valence-electron chi connectivity index (χ3n) is 2.14. The van der Waals surface area contributed by atoms with Gasteiger partial charge in [-0.1, -0.05) is 6.08 Å². The van der Waals surface area contributed by atoms with Crippen molar-refractivity contribution in [2.45, 2.75) is 19.3 Å². The zero-order valence-corrected chi connectivity index (χ0v) is 5.69. The molecule has 1 nitrogen and oxygen atoms in total. The molecule has 0 amide bonds. The average molecular weight is 123 g/mol. The molecule has 50 valence electrons. The molecule has 0 bridgehead atoms. The summed E-state index contributed by atoms with van der Waals surface area (Å²) in [4.78, 5) is 0. The van der Waals surface area contributed by atoms with Crippen molar-refractivity contribution in [1.29, 1.82) is 0 Å². The zero-order chi connectivity index (χ0) is 6.10. The minimum absolute atomic E-state index is 1.07. The van der Waals surface area contributed by atoms with Gasteiger partial charge in [0.05, 0.1) is 0 Å². The Kier molecular flexibility index (Phi) is 1.31. The Morgan fingerprint density at radius 2 is 2.22 bits per heavy atom. The molecule has 2 rings (SSSR count). The topological polar surface area (TPSA) is 12.0 Å². The predicted molar refractivity (Wildman–Crippen MR) is 38.3 cm³/mol. The summed E-state index contributed by atoms with van der Waals surface area (Å²) >= 11 is 0. The molecule has 1 heteroatoms. The van der Waals surface area contributed by atoms with Crippen LogP contribution in [0.5, 0.6) is 0 Å². The van der Waals surface area contributed by atoms with Crippen molar-refractivity contribution in [2.24, 2.45) is 5.92 Å². The van der Waals surface area contributed by atoms with Gasteiger partial charge in [-0.15, -0.1) is 0 Å². The van der Waals surface area contributed by atoms with Gasteiger partial charge in [-0.2, -0.15) is 0 Å². The first-order valence-electron chi connectivity index (χ1n) is 3.84. The van der Waals surface area contributed by atoms with Crippen LogP contribution in [0.3, 0.4) is 0 Å². The summed E-state index contributed by atoms with van der Waals surface area (Å²) in [6.07, 6.45) is 6.75. The van der Waals surface area contributed by atoms with Crippen molar-refractivity contribution in [2.75, 3.05) is 13.1 Å². The Morgan fingerprint density at radius 1 is 1.44 bits per heavy atom. The molecular formula is C8H13N. The fourth-order valence-electron chi connectivity index (χ4n) is 1.10. The Bertz CT molecular complexity index is 128. The first-order valence-corrected chi connectivity index (χ1v) is 3.84. The van der Waals surface area contributed by atoms with Gasteiger partial charge in [0.15, 0.2) is 0 Å². The van der Waals surface area contributed by atoms with E-state index in [1.54, 1.807) is 5.57 Å². The molecule has 2 aliphatic rings. The number of hydrogen-bond acceptors (Lipinski definition) is 1. The van der Waals surface area contributed by atoms with Crippen molar-refractivity contribution in [3.63, 3.8) is 0 Å². The standard InChI is InChI=1S/C8H13N/c1-2-7(1)3-4-8-5-9-6-8/h4,7,9H,1-3,5-6H2. The Morgan fingerprint density at radius 3 is 2.67 bits per heavy atom. The van der Waals surface area contributed by atoms with Crippen molar-refractivity contribution in [3.8, 4) is 0 Å². The van der Waals surface area contributed by atoms with E-state index in [9.17, 15) is 0 Å². The molecule has 0 atom stereocenters. The van der Waals surface area contributed by atoms with E-state index in [1.807, 2.05) is 0 Å². The normalized spacial score (nSPS) is 25.6. The summed E-state index contributed by atoms with van der Waals surface area (Å²) < 4.78 is 0. The van der Waals surface area contributed by atoms with Crippen LogP contribution in [-0.4, -0.2) is 13.1 Å². The van der Waals surface area contributed by atoms with E-state index in [-0.39, 0.29) is 0 Å². The highest BCUT2D eigenvalue weighted by Gasteiger charge is 2.20. The molecule has 2 fully saturated rings. The largest absolute Gasteiger partial charge is 0.309 e. The molecule has 0 unspecified atom stereocenters. The van der Waals surface area contributed by atoms with Crippen LogP contribution in [0.2, 0.25) is 0 Å². The molecule has 1 saturated heterocycles. The van der Waals surface area contributed by atoms with Gasteiger partial charge in [0, 0.05) is 13.1 Å². The van der Waals surface area contributed by atoms with Crippen LogP contribution in [0.25, 0.3) is 0 Å². The fourth-order valence-corrected chi connectivity index (χ4v) is 1.10. The second-order valence-electron chi connectivity index (χ2n) is 3.15. The highest BCUT2D eigenvalue weighted by atomic mass is 14.9. The lowest BCUT2D eigenvalue weighted by Crippen LogP contribution is -2.33. The molecule has 0 spiro atoms. The van der Waals surface area contributed by atoms with Crippen LogP contribution < -0.4 is 5.32 Å². The van der Waals surface area contributed by atoms with Gasteiger partial charge in [0.1, 0.15) is 0 Å². The minimum Gasteiger partial charge on any atom is -0.309 e. The number of allylic oxidation sites excluding steroid dienone is 1. The molecule has 1 aliphatic heterocycles. The van der Waals surface area contributed by atoms with E-state index in [4.69, 9.17) is 0 Å². The highest BCUT2D eigenvalue weighted by Crippen LogP contribution is 2.33. The minimum atomic E-state index is 1.07. The highest BCUT2D eigenvalue weighted by molar-refractivity contribution is 5.14. The second-order valence-corrected chi connectivity index (χ2v) is 3.15. The molecule has 0 aromatic rings. The van der Waals surface area contributed by atoms with E-state index in [0.717, 1.165) is 19.0 Å². The molecule has 0 radical (unpaired) electrons. The summed E-state index contributed by atoms with van der Waals surface area (Å²) in [5.41, 5.74) is 1.63. The van der Waals surface area contributed by atoms with Crippen LogP contribution in [-0.2, 0) is 0 Å². The van der Waals surface area contributed by atoms with Crippen LogP contribution in [0.1, 0.15) is 19.3 Å². The third-order valence-corrected chi connectivity index (χ3v) is 2.14. The Labute approximate surface area is 56.1 Å². The van der Waals surface area contributed by atoms with E-state index < -0.39 is 0 Å². The van der Waals surface area contributed by atoms with Crippen molar-refractivity contribution in [1.82, 2.24) is 5.32 Å². The van der Waals surface area contributed by atoms with E-state index in [2.05, 4.69) is 11.4 Å². The monoisotopic (exact) mass is 123 g/mol. The maximum Gasteiger partial charge on any atom is 0.0180 e. The van der Waals surface area contributed by atoms with E-state index >= 15 is 0 Å². The van der Waals surface area contributed by atoms with Gasteiger partial charge in [-0.05, 0) is 30.8 Å². The summed E-state index contributed by atoms with van der Waals surface area (Å²) in [6, 6.07) is 0. The molecule has 0 aromatic carbocycles. The maximum absolute atomic E-state index is 3.24. The van der Waals surface area contributed by atoms with Crippen molar-refractivity contribution in [3.05, 3.63) is 11.6 Å². The van der Waals surface area contributed by atoms with Crippen molar-refractivity contribution < 1.29 is 0 Å². The third kappa shape index (κ3) is 1.33. The van der Waals surface area contributed by atoms with Crippen LogP contribution in [0, 0.1) is 5.92 Å². The van der Waals surface area contributed by atoms with Gasteiger partial charge in [0.25, 0.3) is 0 Å². The lowest BCUT2D eigenvalue weighted by atomic mass is 10.1. The molecule has 1 N–H and O–H groups in total. The Hall–Kier alpha value is -0.300. The first kappa shape index (κ1) is 5.48. The van der Waals surface area contributed by atoms with Gasteiger partial charge in [-0.25, -0.2) is 0 Å². The molecule has 1 aliphatic carbocycles. The number of rotatable bonds is 2. The first-order chi connectivity index (χ1) is 4.45. The molecule has 0 aromatic heterocycles. The average Bonchev–Trinajstić information content (AvgIpc) is 2.44. The fraction of sp³-hybridized carbons (Fsp3) is 0.750. The van der Waals surface area contributed by atoms with Crippen molar-refractivity contribution >= 4 is 0 Å². The van der Waals surface area contributed by atoms with Crippen LogP contribution >= 0.6 is 0 Å². The molecule has 1 saturated carbocycles. The summed E-state index contributed by atoms with van der Waals surface area (Å²) in [5, 5.41) is 3.24. The summed E-state index contributed by atoms with van der Waals surface area (Å²) in [5.74, 6) is 1.07. The predicted octanol–water partition coefficient (Wildman–Crippen LogP) is 1.32. The van der Waals surface area contributed by atoms with Gasteiger partial charge in [-0.3, -0.25) is 0 Å². The van der Waals surface area contributed by atoms with Gasteiger partial charge < -0.3 is 5.32 Å². The van der Waals surface area contributed by atoms with E-state index in [0.29, 0.717) is 0 Å². The number of nitrogens with one attached hydrogen (secondary N) is 1. The van der Waals surface area contributed by atoms with Gasteiger partial charge in [0.2, 0.25) is 0 Å². The lowest BCUT2D eigenvalue weighted by molar-refractivity contribution is 0.658. The van der Waals surface area contributed by atoms with Crippen LogP contribution in [0.4, 0.5) is 0 Å². The zero-order valence-electron chi connectivity index (χ0n) is 5.69. The van der Waals surface area contributed by atoms with E-state index in [1.165, 1.54) is 19.3 Å². The smallest absolute Gasteiger partial charge is 0.0180 e. The molecular weight excluding hydrogens is 110 g/mol.